The molecule has 8 heteroatoms. The number of nitrogens with zero attached hydrogens (tertiary/aromatic N) is 1. The summed E-state index contributed by atoms with van der Waals surface area (Å²) in [5.41, 5.74) is 1.01. The molecule has 0 fully saturated rings. The number of alkyl halides is 3. The Morgan fingerprint density at radius 1 is 1.36 bits per heavy atom. The number of halogens is 3. The van der Waals surface area contributed by atoms with Gasteiger partial charge in [-0.1, -0.05) is 6.07 Å². The maximum Gasteiger partial charge on any atom is 0.416 e. The van der Waals surface area contributed by atoms with Gasteiger partial charge in [0.25, 0.3) is 5.91 Å². The van der Waals surface area contributed by atoms with E-state index < -0.39 is 24.3 Å². The third-order valence-corrected chi connectivity index (χ3v) is 2.92. The lowest BCUT2D eigenvalue weighted by Crippen LogP contribution is -2.21. The van der Waals surface area contributed by atoms with Crippen LogP contribution in [-0.2, 0) is 11.0 Å². The smallest absolute Gasteiger partial charge is 0.416 e. The number of aromatic amines is 1. The first-order valence-corrected chi connectivity index (χ1v) is 6.39. The molecule has 2 rings (SSSR count). The second-order valence-electron chi connectivity index (χ2n) is 4.67. The summed E-state index contributed by atoms with van der Waals surface area (Å²) in [4.78, 5) is 11.8. The number of carbonyl (C=O) groups is 1. The van der Waals surface area contributed by atoms with Crippen molar-refractivity contribution in [1.82, 2.24) is 10.2 Å². The highest BCUT2D eigenvalue weighted by Crippen LogP contribution is 2.31. The molecule has 1 heterocycles. The minimum absolute atomic E-state index is 0.0226. The number of rotatable bonds is 4. The van der Waals surface area contributed by atoms with Crippen LogP contribution in [0.2, 0.25) is 0 Å². The second kappa shape index (κ2) is 6.08. The van der Waals surface area contributed by atoms with Gasteiger partial charge in [0.05, 0.1) is 22.6 Å². The predicted octanol–water partition coefficient (Wildman–Crippen LogP) is 3.06. The molecule has 1 amide bonds. The third kappa shape index (κ3) is 3.78. The highest BCUT2D eigenvalue weighted by Gasteiger charge is 2.30. The molecule has 5 nitrogen and oxygen atoms in total. The summed E-state index contributed by atoms with van der Waals surface area (Å²) < 4.78 is 42.8. The molecule has 0 unspecified atom stereocenters. The molecule has 2 N–H and O–H groups in total. The maximum atomic E-state index is 12.6. The standard InChI is InChI=1S/C14H14F3N3O2/c1-8-13(9(2)20-19-8)18-12(21)7-22-11-5-3-4-10(6-11)14(15,16)17/h3-6H,7H2,1-2H3,(H,18,21)(H,19,20). The predicted molar refractivity (Wildman–Crippen MR) is 73.6 cm³/mol. The number of amides is 1. The fourth-order valence-corrected chi connectivity index (χ4v) is 1.82. The van der Waals surface area contributed by atoms with Crippen LogP contribution in [0.1, 0.15) is 17.0 Å². The molecule has 1 aromatic carbocycles. The normalized spacial score (nSPS) is 11.3. The second-order valence-corrected chi connectivity index (χ2v) is 4.67. The summed E-state index contributed by atoms with van der Waals surface area (Å²) in [6, 6.07) is 4.37. The molecule has 0 saturated heterocycles. The number of hydrogen-bond donors (Lipinski definition) is 2. The van der Waals surface area contributed by atoms with Crippen molar-refractivity contribution in [1.29, 1.82) is 0 Å². The lowest BCUT2D eigenvalue weighted by molar-refractivity contribution is -0.137. The molecular weight excluding hydrogens is 299 g/mol. The van der Waals surface area contributed by atoms with E-state index >= 15 is 0 Å². The number of aryl methyl sites for hydroxylation is 2. The van der Waals surface area contributed by atoms with Crippen molar-refractivity contribution in [2.75, 3.05) is 11.9 Å². The number of nitrogens with one attached hydrogen (secondary N) is 2. The Morgan fingerprint density at radius 2 is 2.09 bits per heavy atom. The van der Waals surface area contributed by atoms with Crippen molar-refractivity contribution in [3.05, 3.63) is 41.2 Å². The number of ether oxygens (including phenoxy) is 1. The van der Waals surface area contributed by atoms with Crippen LogP contribution in [0.3, 0.4) is 0 Å². The number of hydrogen-bond acceptors (Lipinski definition) is 3. The summed E-state index contributed by atoms with van der Waals surface area (Å²) in [5.74, 6) is -0.504. The van der Waals surface area contributed by atoms with Gasteiger partial charge in [0.2, 0.25) is 0 Å². The molecule has 0 bridgehead atoms. The van der Waals surface area contributed by atoms with Crippen LogP contribution >= 0.6 is 0 Å². The van der Waals surface area contributed by atoms with Crippen molar-refractivity contribution in [2.24, 2.45) is 0 Å². The summed E-state index contributed by atoms with van der Waals surface area (Å²) in [7, 11) is 0. The van der Waals surface area contributed by atoms with Crippen molar-refractivity contribution >= 4 is 11.6 Å². The van der Waals surface area contributed by atoms with Crippen LogP contribution in [0.4, 0.5) is 18.9 Å². The Kier molecular flexibility index (Phi) is 4.39. The first-order chi connectivity index (χ1) is 10.3. The molecular formula is C14H14F3N3O2. The Bertz CT molecular complexity index is 661. The first kappa shape index (κ1) is 15.9. The van der Waals surface area contributed by atoms with Gasteiger partial charge in [-0.25, -0.2) is 0 Å². The van der Waals surface area contributed by atoms with E-state index in [-0.39, 0.29) is 5.75 Å². The van der Waals surface area contributed by atoms with Gasteiger partial charge in [0.15, 0.2) is 6.61 Å². The van der Waals surface area contributed by atoms with E-state index in [0.717, 1.165) is 12.1 Å². The van der Waals surface area contributed by atoms with E-state index in [9.17, 15) is 18.0 Å². The summed E-state index contributed by atoms with van der Waals surface area (Å²) in [6.45, 7) is 3.06. The average Bonchev–Trinajstić information content (AvgIpc) is 2.76. The zero-order valence-electron chi connectivity index (χ0n) is 11.9. The largest absolute Gasteiger partial charge is 0.484 e. The molecule has 22 heavy (non-hydrogen) atoms. The van der Waals surface area contributed by atoms with Gasteiger partial charge in [-0.2, -0.15) is 18.3 Å². The van der Waals surface area contributed by atoms with Crippen LogP contribution in [0.5, 0.6) is 5.75 Å². The van der Waals surface area contributed by atoms with Gasteiger partial charge in [-0.3, -0.25) is 9.89 Å². The van der Waals surface area contributed by atoms with Gasteiger partial charge in [-0.05, 0) is 32.0 Å². The minimum Gasteiger partial charge on any atom is -0.484 e. The topological polar surface area (TPSA) is 67.0 Å². The van der Waals surface area contributed by atoms with E-state index in [1.807, 2.05) is 0 Å². The molecule has 118 valence electrons. The van der Waals surface area contributed by atoms with E-state index in [4.69, 9.17) is 4.74 Å². The van der Waals surface area contributed by atoms with Crippen LogP contribution < -0.4 is 10.1 Å². The van der Waals surface area contributed by atoms with E-state index in [1.165, 1.54) is 12.1 Å². The monoisotopic (exact) mass is 313 g/mol. The van der Waals surface area contributed by atoms with Gasteiger partial charge in [0, 0.05) is 0 Å². The molecule has 0 atom stereocenters. The van der Waals surface area contributed by atoms with Gasteiger partial charge < -0.3 is 10.1 Å². The average molecular weight is 313 g/mol. The SMILES string of the molecule is Cc1n[nH]c(C)c1NC(=O)COc1cccc(C(F)(F)F)c1. The number of aromatic nitrogens is 2. The van der Waals surface area contributed by atoms with Gasteiger partial charge in [0.1, 0.15) is 5.75 Å². The highest BCUT2D eigenvalue weighted by molar-refractivity contribution is 5.92. The van der Waals surface area contributed by atoms with Crippen LogP contribution in [-0.4, -0.2) is 22.7 Å². The fraction of sp³-hybridized carbons (Fsp3) is 0.286. The number of anilines is 1. The highest BCUT2D eigenvalue weighted by atomic mass is 19.4. The Labute approximate surface area is 124 Å². The first-order valence-electron chi connectivity index (χ1n) is 6.39. The molecule has 0 aliphatic heterocycles. The van der Waals surface area contributed by atoms with Crippen molar-refractivity contribution < 1.29 is 22.7 Å². The molecule has 0 aliphatic carbocycles. The zero-order chi connectivity index (χ0) is 16.3. The van der Waals surface area contributed by atoms with Crippen LogP contribution in [0.25, 0.3) is 0 Å². The van der Waals surface area contributed by atoms with E-state index in [1.54, 1.807) is 13.8 Å². The lowest BCUT2D eigenvalue weighted by atomic mass is 10.2. The summed E-state index contributed by atoms with van der Waals surface area (Å²) in [5, 5.41) is 9.22. The van der Waals surface area contributed by atoms with Crippen LogP contribution in [0, 0.1) is 13.8 Å². The Balaban J connectivity index is 1.97. The summed E-state index contributed by atoms with van der Waals surface area (Å²) in [6.07, 6.45) is -4.45. The molecule has 2 aromatic rings. The van der Waals surface area contributed by atoms with Crippen molar-refractivity contribution in [3.8, 4) is 5.75 Å². The summed E-state index contributed by atoms with van der Waals surface area (Å²) >= 11 is 0. The molecule has 0 saturated carbocycles. The number of H-pyrrole nitrogens is 1. The van der Waals surface area contributed by atoms with Gasteiger partial charge in [-0.15, -0.1) is 0 Å². The Morgan fingerprint density at radius 3 is 2.68 bits per heavy atom. The molecule has 0 radical (unpaired) electrons. The lowest BCUT2D eigenvalue weighted by Gasteiger charge is -2.10. The minimum atomic E-state index is -4.45. The molecule has 1 aromatic heterocycles. The van der Waals surface area contributed by atoms with E-state index in [0.29, 0.717) is 17.1 Å². The Hall–Kier alpha value is -2.51. The molecule has 0 spiro atoms. The number of carbonyl (C=O) groups excluding carboxylic acids is 1. The van der Waals surface area contributed by atoms with E-state index in [2.05, 4.69) is 15.5 Å². The third-order valence-electron chi connectivity index (χ3n) is 2.92. The number of benzene rings is 1. The van der Waals surface area contributed by atoms with Crippen LogP contribution in [0.15, 0.2) is 24.3 Å². The quantitative estimate of drug-likeness (QED) is 0.911. The maximum absolute atomic E-state index is 12.6. The van der Waals surface area contributed by atoms with Gasteiger partial charge >= 0.3 is 6.18 Å². The fourth-order valence-electron chi connectivity index (χ4n) is 1.82. The zero-order valence-corrected chi connectivity index (χ0v) is 11.9. The van der Waals surface area contributed by atoms with Crippen molar-refractivity contribution in [2.45, 2.75) is 20.0 Å². The molecule has 0 aliphatic rings. The van der Waals surface area contributed by atoms with Crippen molar-refractivity contribution in [3.63, 3.8) is 0 Å².